The minimum atomic E-state index is -0.844. The molecule has 0 aromatic rings. The maximum Gasteiger partial charge on any atom is 0.220 e. The molecular formula is C62H107NO3. The lowest BCUT2D eigenvalue weighted by atomic mass is 10.0. The SMILES string of the molecule is CC/C=C\C/C=C\C/C=C\C/C=C\C/C=C\C/C=C\C/C=C\C/C=C\CCCCCCCCCCCCCCCCC(=O)NC(CO)C(O)/C=C/CCCCCCCCCCCCCCC. The predicted octanol–water partition coefficient (Wildman–Crippen LogP) is 18.7. The van der Waals surface area contributed by atoms with Crippen molar-refractivity contribution in [2.75, 3.05) is 6.61 Å². The Kier molecular flexibility index (Phi) is 53.9. The van der Waals surface area contributed by atoms with Crippen molar-refractivity contribution in [1.29, 1.82) is 0 Å². The molecule has 2 atom stereocenters. The summed E-state index contributed by atoms with van der Waals surface area (Å²) in [6.45, 7) is 4.19. The summed E-state index contributed by atoms with van der Waals surface area (Å²) in [5.41, 5.74) is 0. The topological polar surface area (TPSA) is 69.6 Å². The molecule has 0 aromatic carbocycles. The third-order valence-corrected chi connectivity index (χ3v) is 12.3. The van der Waals surface area contributed by atoms with Gasteiger partial charge in [0, 0.05) is 6.42 Å². The van der Waals surface area contributed by atoms with Crippen molar-refractivity contribution in [2.24, 2.45) is 0 Å². The number of aliphatic hydroxyl groups excluding tert-OH is 2. The van der Waals surface area contributed by atoms with Crippen LogP contribution in [0, 0.1) is 0 Å². The first-order chi connectivity index (χ1) is 32.7. The van der Waals surface area contributed by atoms with Gasteiger partial charge in [0.1, 0.15) is 0 Å². The van der Waals surface area contributed by atoms with Crippen molar-refractivity contribution in [3.05, 3.63) is 109 Å². The van der Waals surface area contributed by atoms with Crippen LogP contribution in [0.15, 0.2) is 109 Å². The molecule has 0 aliphatic carbocycles. The molecule has 4 heteroatoms. The minimum absolute atomic E-state index is 0.0674. The molecule has 2 unspecified atom stereocenters. The van der Waals surface area contributed by atoms with Crippen LogP contribution in [-0.4, -0.2) is 34.9 Å². The Morgan fingerprint density at radius 3 is 1.00 bits per heavy atom. The van der Waals surface area contributed by atoms with Gasteiger partial charge >= 0.3 is 0 Å². The fraction of sp³-hybridized carbons (Fsp3) is 0.694. The first-order valence-corrected chi connectivity index (χ1v) is 28.1. The summed E-state index contributed by atoms with van der Waals surface area (Å²) in [5, 5.41) is 23.1. The van der Waals surface area contributed by atoms with Gasteiger partial charge in [0.25, 0.3) is 0 Å². The largest absolute Gasteiger partial charge is 0.394 e. The molecule has 0 bridgehead atoms. The summed E-state index contributed by atoms with van der Waals surface area (Å²) in [6, 6.07) is -0.627. The lowest BCUT2D eigenvalue weighted by Crippen LogP contribution is -2.45. The molecule has 0 heterocycles. The van der Waals surface area contributed by atoms with Crippen LogP contribution in [0.25, 0.3) is 0 Å². The molecule has 0 aliphatic heterocycles. The molecule has 66 heavy (non-hydrogen) atoms. The van der Waals surface area contributed by atoms with Gasteiger partial charge in [-0.3, -0.25) is 4.79 Å². The molecule has 378 valence electrons. The molecule has 0 radical (unpaired) electrons. The van der Waals surface area contributed by atoms with Crippen molar-refractivity contribution in [2.45, 2.75) is 270 Å². The van der Waals surface area contributed by atoms with Crippen LogP contribution in [0.1, 0.15) is 258 Å². The normalized spacial score (nSPS) is 13.7. The lowest BCUT2D eigenvalue weighted by Gasteiger charge is -2.20. The van der Waals surface area contributed by atoms with E-state index in [1.165, 1.54) is 161 Å². The number of nitrogens with one attached hydrogen (secondary N) is 1. The van der Waals surface area contributed by atoms with Crippen LogP contribution in [-0.2, 0) is 4.79 Å². The molecular weight excluding hydrogens is 807 g/mol. The van der Waals surface area contributed by atoms with E-state index in [4.69, 9.17) is 0 Å². The van der Waals surface area contributed by atoms with Crippen molar-refractivity contribution in [3.8, 4) is 0 Å². The number of aliphatic hydroxyl groups is 2. The van der Waals surface area contributed by atoms with Gasteiger partial charge in [-0.25, -0.2) is 0 Å². The summed E-state index contributed by atoms with van der Waals surface area (Å²) in [4.78, 5) is 12.5. The predicted molar refractivity (Wildman–Crippen MR) is 294 cm³/mol. The molecule has 0 aromatic heterocycles. The van der Waals surface area contributed by atoms with Crippen molar-refractivity contribution in [1.82, 2.24) is 5.32 Å². The highest BCUT2D eigenvalue weighted by atomic mass is 16.3. The number of hydrogen-bond donors (Lipinski definition) is 3. The smallest absolute Gasteiger partial charge is 0.220 e. The van der Waals surface area contributed by atoms with E-state index in [0.29, 0.717) is 6.42 Å². The van der Waals surface area contributed by atoms with Crippen molar-refractivity contribution in [3.63, 3.8) is 0 Å². The lowest BCUT2D eigenvalue weighted by molar-refractivity contribution is -0.123. The average molecular weight is 915 g/mol. The second-order valence-electron chi connectivity index (χ2n) is 18.6. The summed E-state index contributed by atoms with van der Waals surface area (Å²) < 4.78 is 0. The summed E-state index contributed by atoms with van der Waals surface area (Å²) in [7, 11) is 0. The fourth-order valence-corrected chi connectivity index (χ4v) is 8.02. The van der Waals surface area contributed by atoms with Gasteiger partial charge in [-0.1, -0.05) is 277 Å². The Hall–Kier alpha value is -2.95. The van der Waals surface area contributed by atoms with Gasteiger partial charge in [0.05, 0.1) is 18.8 Å². The van der Waals surface area contributed by atoms with Crippen LogP contribution in [0.3, 0.4) is 0 Å². The highest BCUT2D eigenvalue weighted by molar-refractivity contribution is 5.76. The Bertz CT molecular complexity index is 1270. The van der Waals surface area contributed by atoms with E-state index in [1.807, 2.05) is 6.08 Å². The first kappa shape index (κ1) is 63.0. The molecule has 0 rings (SSSR count). The van der Waals surface area contributed by atoms with E-state index in [0.717, 1.165) is 77.0 Å². The van der Waals surface area contributed by atoms with Crippen LogP contribution < -0.4 is 5.32 Å². The van der Waals surface area contributed by atoms with E-state index >= 15 is 0 Å². The summed E-state index contributed by atoms with van der Waals surface area (Å²) >= 11 is 0. The molecule has 0 spiro atoms. The van der Waals surface area contributed by atoms with E-state index in [1.54, 1.807) is 6.08 Å². The molecule has 0 saturated carbocycles. The van der Waals surface area contributed by atoms with E-state index in [-0.39, 0.29) is 12.5 Å². The third-order valence-electron chi connectivity index (χ3n) is 12.3. The van der Waals surface area contributed by atoms with Gasteiger partial charge < -0.3 is 15.5 Å². The number of hydrogen-bond acceptors (Lipinski definition) is 3. The Balaban J connectivity index is 3.54. The van der Waals surface area contributed by atoms with Crippen molar-refractivity contribution >= 4 is 5.91 Å². The van der Waals surface area contributed by atoms with Crippen molar-refractivity contribution < 1.29 is 15.0 Å². The zero-order valence-corrected chi connectivity index (χ0v) is 43.4. The maximum absolute atomic E-state index is 12.5. The average Bonchev–Trinajstić information content (AvgIpc) is 3.32. The number of amides is 1. The van der Waals surface area contributed by atoms with E-state index in [9.17, 15) is 15.0 Å². The summed E-state index contributed by atoms with van der Waals surface area (Å²) in [6.07, 6.45) is 85.3. The monoisotopic (exact) mass is 914 g/mol. The highest BCUT2D eigenvalue weighted by Crippen LogP contribution is 2.16. The Labute approximate surface area is 410 Å². The second kappa shape index (κ2) is 56.4. The standard InChI is InChI=1S/C62H107NO3/c1-3-5-7-9-11-13-15-17-19-20-21-22-23-24-25-26-27-28-29-30-31-32-33-34-35-36-37-38-39-40-41-42-44-46-48-50-52-54-56-58-62(66)63-60(59-64)61(65)57-55-53-51-49-47-45-43-18-16-14-12-10-8-6-4-2/h5,7,11,13,17,19,21-22,24-25,27-28,30-31,33-34,55,57,60-61,64-65H,3-4,6,8-10,12,14-16,18,20,23,26,29,32,35-54,56,58-59H2,1-2H3,(H,63,66)/b7-5-,13-11-,19-17-,22-21-,25-24-,28-27-,31-30-,34-33-,57-55+. The molecule has 4 nitrogen and oxygen atoms in total. The minimum Gasteiger partial charge on any atom is -0.394 e. The highest BCUT2D eigenvalue weighted by Gasteiger charge is 2.18. The van der Waals surface area contributed by atoms with Gasteiger partial charge in [0.2, 0.25) is 5.91 Å². The Morgan fingerprint density at radius 1 is 0.379 bits per heavy atom. The molecule has 1 amide bonds. The number of carbonyl (C=O) groups is 1. The second-order valence-corrected chi connectivity index (χ2v) is 18.6. The van der Waals surface area contributed by atoms with E-state index < -0.39 is 12.1 Å². The van der Waals surface area contributed by atoms with Gasteiger partial charge in [-0.05, 0) is 83.5 Å². The number of rotatable bonds is 50. The van der Waals surface area contributed by atoms with Crippen LogP contribution in [0.4, 0.5) is 0 Å². The summed E-state index contributed by atoms with van der Waals surface area (Å²) in [5.74, 6) is -0.0674. The van der Waals surface area contributed by atoms with Gasteiger partial charge in [0.15, 0.2) is 0 Å². The van der Waals surface area contributed by atoms with Gasteiger partial charge in [-0.2, -0.15) is 0 Å². The quantitative estimate of drug-likeness (QED) is 0.0421. The zero-order valence-electron chi connectivity index (χ0n) is 43.4. The van der Waals surface area contributed by atoms with Crippen LogP contribution >= 0.6 is 0 Å². The fourth-order valence-electron chi connectivity index (χ4n) is 8.02. The number of carbonyl (C=O) groups excluding carboxylic acids is 1. The Morgan fingerprint density at radius 2 is 0.667 bits per heavy atom. The molecule has 3 N–H and O–H groups in total. The zero-order chi connectivity index (χ0) is 47.7. The van der Waals surface area contributed by atoms with E-state index in [2.05, 4.69) is 116 Å². The van der Waals surface area contributed by atoms with Crippen LogP contribution in [0.2, 0.25) is 0 Å². The molecule has 0 fully saturated rings. The number of allylic oxidation sites excluding steroid dienone is 17. The number of unbranched alkanes of at least 4 members (excludes halogenated alkanes) is 27. The molecule has 0 aliphatic rings. The first-order valence-electron chi connectivity index (χ1n) is 28.1. The van der Waals surface area contributed by atoms with Crippen LogP contribution in [0.5, 0.6) is 0 Å². The maximum atomic E-state index is 12.5. The third kappa shape index (κ3) is 52.0. The molecule has 0 saturated heterocycles. The van der Waals surface area contributed by atoms with Gasteiger partial charge in [-0.15, -0.1) is 0 Å².